The lowest BCUT2D eigenvalue weighted by molar-refractivity contribution is -0.144. The van der Waals surface area contributed by atoms with E-state index in [1.54, 1.807) is 6.92 Å². The summed E-state index contributed by atoms with van der Waals surface area (Å²) in [5.74, 6) is -1.12. The van der Waals surface area contributed by atoms with Crippen LogP contribution in [0, 0.1) is 5.92 Å². The summed E-state index contributed by atoms with van der Waals surface area (Å²) in [5.41, 5.74) is 0. The van der Waals surface area contributed by atoms with Gasteiger partial charge in [0.2, 0.25) is 0 Å². The maximum absolute atomic E-state index is 11.8. The molecule has 0 aromatic carbocycles. The van der Waals surface area contributed by atoms with Crippen LogP contribution in [0.15, 0.2) is 0 Å². The van der Waals surface area contributed by atoms with Crippen LogP contribution >= 0.6 is 0 Å². The molecule has 6 heteroatoms. The zero-order valence-corrected chi connectivity index (χ0v) is 11.9. The van der Waals surface area contributed by atoms with Gasteiger partial charge in [0.1, 0.15) is 0 Å². The van der Waals surface area contributed by atoms with Crippen LogP contribution in [-0.2, 0) is 19.4 Å². The van der Waals surface area contributed by atoms with Gasteiger partial charge in [-0.1, -0.05) is 20.8 Å². The number of hydrogen-bond donors (Lipinski definition) is 0. The van der Waals surface area contributed by atoms with Gasteiger partial charge < -0.3 is 9.64 Å². The van der Waals surface area contributed by atoms with E-state index in [4.69, 9.17) is 0 Å². The molecule has 17 heavy (non-hydrogen) atoms. The fourth-order valence-corrected chi connectivity index (χ4v) is 3.14. The molecule has 0 radical (unpaired) electrons. The van der Waals surface area contributed by atoms with Crippen molar-refractivity contribution < 1.29 is 17.9 Å². The topological polar surface area (TPSA) is 63.7 Å². The Morgan fingerprint density at radius 2 is 1.82 bits per heavy atom. The molecule has 0 bridgehead atoms. The van der Waals surface area contributed by atoms with Crippen molar-refractivity contribution >= 4 is 15.8 Å². The molecule has 1 atom stereocenters. The van der Waals surface area contributed by atoms with Crippen molar-refractivity contribution in [3.63, 3.8) is 0 Å². The monoisotopic (exact) mass is 265 g/mol. The van der Waals surface area contributed by atoms with Crippen LogP contribution < -0.4 is 0 Å². The van der Waals surface area contributed by atoms with Crippen molar-refractivity contribution in [2.75, 3.05) is 38.2 Å². The number of ether oxygens (including phenoxy) is 1. The van der Waals surface area contributed by atoms with Gasteiger partial charge in [0.05, 0.1) is 24.5 Å². The van der Waals surface area contributed by atoms with Gasteiger partial charge in [0, 0.05) is 6.54 Å². The van der Waals surface area contributed by atoms with Crippen LogP contribution in [0.3, 0.4) is 0 Å². The van der Waals surface area contributed by atoms with E-state index in [1.807, 2.05) is 18.7 Å². The fraction of sp³-hybridized carbons (Fsp3) is 0.909. The minimum atomic E-state index is -3.19. The lowest BCUT2D eigenvalue weighted by Gasteiger charge is -2.18. The van der Waals surface area contributed by atoms with Crippen LogP contribution in [0.4, 0.5) is 0 Å². The largest absolute Gasteiger partial charge is 0.469 e. The summed E-state index contributed by atoms with van der Waals surface area (Å²) >= 11 is 0. The van der Waals surface area contributed by atoms with E-state index in [2.05, 4.69) is 4.74 Å². The predicted octanol–water partition coefficient (Wildman–Crippen LogP) is 0.552. The number of nitrogens with zero attached hydrogens (tertiary/aromatic N) is 1. The molecule has 1 unspecified atom stereocenters. The van der Waals surface area contributed by atoms with Gasteiger partial charge in [0.15, 0.2) is 9.84 Å². The lowest BCUT2D eigenvalue weighted by Crippen LogP contribution is -2.32. The highest BCUT2D eigenvalue weighted by molar-refractivity contribution is 7.91. The molecule has 102 valence electrons. The number of esters is 1. The molecule has 0 fully saturated rings. The molecular formula is C11H23NO4S. The standard InChI is InChI=1S/C11H23NO4S/c1-5-12(6-2)7-8-17(14,15)9-10(3)11(13)16-4/h10H,5-9H2,1-4H3. The maximum Gasteiger partial charge on any atom is 0.309 e. The van der Waals surface area contributed by atoms with Gasteiger partial charge in [-0.3, -0.25) is 4.79 Å². The van der Waals surface area contributed by atoms with Crippen molar-refractivity contribution in [1.29, 1.82) is 0 Å². The molecule has 0 aromatic rings. The van der Waals surface area contributed by atoms with E-state index >= 15 is 0 Å². The van der Waals surface area contributed by atoms with E-state index < -0.39 is 21.7 Å². The minimum Gasteiger partial charge on any atom is -0.469 e. The second-order valence-electron chi connectivity index (χ2n) is 4.07. The number of rotatable bonds is 8. The zero-order chi connectivity index (χ0) is 13.5. The Morgan fingerprint density at radius 1 is 1.29 bits per heavy atom. The molecule has 0 aliphatic heterocycles. The van der Waals surface area contributed by atoms with Crippen molar-refractivity contribution in [3.05, 3.63) is 0 Å². The van der Waals surface area contributed by atoms with Crippen LogP contribution in [-0.4, -0.2) is 57.5 Å². The fourth-order valence-electron chi connectivity index (χ4n) is 1.54. The number of methoxy groups -OCH3 is 1. The Morgan fingerprint density at radius 3 is 2.24 bits per heavy atom. The summed E-state index contributed by atoms with van der Waals surface area (Å²) in [6.07, 6.45) is 0. The Labute approximate surface area is 104 Å². The second kappa shape index (κ2) is 7.66. The first kappa shape index (κ1) is 16.4. The summed E-state index contributed by atoms with van der Waals surface area (Å²) in [6.45, 7) is 7.74. The van der Waals surface area contributed by atoms with Gasteiger partial charge in [-0.25, -0.2) is 8.42 Å². The molecule has 5 nitrogen and oxygen atoms in total. The van der Waals surface area contributed by atoms with Crippen molar-refractivity contribution in [2.45, 2.75) is 20.8 Å². The third kappa shape index (κ3) is 6.63. The maximum atomic E-state index is 11.8. The molecule has 0 spiro atoms. The zero-order valence-electron chi connectivity index (χ0n) is 11.1. The van der Waals surface area contributed by atoms with Crippen molar-refractivity contribution in [1.82, 2.24) is 4.90 Å². The average molecular weight is 265 g/mol. The summed E-state index contributed by atoms with van der Waals surface area (Å²) in [7, 11) is -1.93. The van der Waals surface area contributed by atoms with Gasteiger partial charge in [-0.05, 0) is 13.1 Å². The highest BCUT2D eigenvalue weighted by Gasteiger charge is 2.22. The van der Waals surface area contributed by atoms with Crippen molar-refractivity contribution in [3.8, 4) is 0 Å². The van der Waals surface area contributed by atoms with Crippen molar-refractivity contribution in [2.24, 2.45) is 5.92 Å². The van der Waals surface area contributed by atoms with Gasteiger partial charge in [0.25, 0.3) is 0 Å². The first-order valence-corrected chi connectivity index (χ1v) is 7.69. The first-order valence-electron chi connectivity index (χ1n) is 5.86. The van der Waals surface area contributed by atoms with Gasteiger partial charge in [-0.15, -0.1) is 0 Å². The molecule has 0 heterocycles. The molecule has 0 saturated carbocycles. The van der Waals surface area contributed by atoms with E-state index in [9.17, 15) is 13.2 Å². The number of carbonyl (C=O) groups is 1. The summed E-state index contributed by atoms with van der Waals surface area (Å²) in [5, 5.41) is 0. The smallest absolute Gasteiger partial charge is 0.309 e. The molecule has 0 aromatic heterocycles. The Balaban J connectivity index is 4.25. The number of sulfone groups is 1. The molecule has 0 saturated heterocycles. The highest BCUT2D eigenvalue weighted by atomic mass is 32.2. The summed E-state index contributed by atoms with van der Waals surface area (Å²) < 4.78 is 28.0. The number of hydrogen-bond acceptors (Lipinski definition) is 5. The minimum absolute atomic E-state index is 0.0933. The normalized spacial score (nSPS) is 13.7. The van der Waals surface area contributed by atoms with Crippen LogP contribution in [0.5, 0.6) is 0 Å². The van der Waals surface area contributed by atoms with E-state index in [-0.39, 0.29) is 11.5 Å². The Kier molecular flexibility index (Phi) is 7.38. The highest BCUT2D eigenvalue weighted by Crippen LogP contribution is 2.05. The van der Waals surface area contributed by atoms with E-state index in [1.165, 1.54) is 7.11 Å². The van der Waals surface area contributed by atoms with Crippen LogP contribution in [0.2, 0.25) is 0 Å². The molecule has 0 N–H and O–H groups in total. The molecule has 0 amide bonds. The number of carbonyl (C=O) groups excluding carboxylic acids is 1. The van der Waals surface area contributed by atoms with Crippen LogP contribution in [0.25, 0.3) is 0 Å². The van der Waals surface area contributed by atoms with E-state index in [0.717, 1.165) is 13.1 Å². The first-order chi connectivity index (χ1) is 7.86. The molecule has 0 aliphatic rings. The third-order valence-electron chi connectivity index (χ3n) is 2.72. The molecule has 0 aliphatic carbocycles. The summed E-state index contributed by atoms with van der Waals surface area (Å²) in [6, 6.07) is 0. The quantitative estimate of drug-likeness (QED) is 0.600. The molecular weight excluding hydrogens is 242 g/mol. The SMILES string of the molecule is CCN(CC)CCS(=O)(=O)CC(C)C(=O)OC. The lowest BCUT2D eigenvalue weighted by atomic mass is 10.2. The van der Waals surface area contributed by atoms with Gasteiger partial charge in [-0.2, -0.15) is 0 Å². The Bertz CT molecular complexity index is 322. The average Bonchev–Trinajstić information content (AvgIpc) is 2.28. The molecule has 0 rings (SSSR count). The summed E-state index contributed by atoms with van der Waals surface area (Å²) in [4.78, 5) is 13.2. The Hall–Kier alpha value is -0.620. The third-order valence-corrected chi connectivity index (χ3v) is 4.53. The van der Waals surface area contributed by atoms with Crippen LogP contribution in [0.1, 0.15) is 20.8 Å². The second-order valence-corrected chi connectivity index (χ2v) is 6.29. The van der Waals surface area contributed by atoms with Gasteiger partial charge >= 0.3 is 5.97 Å². The van der Waals surface area contributed by atoms with E-state index in [0.29, 0.717) is 6.54 Å². The predicted molar refractivity (Wildman–Crippen MR) is 67.6 cm³/mol.